The van der Waals surface area contributed by atoms with Gasteiger partial charge in [-0.1, -0.05) is 12.8 Å². The molecule has 0 saturated heterocycles. The van der Waals surface area contributed by atoms with Gasteiger partial charge in [0, 0.05) is 13.2 Å². The van der Waals surface area contributed by atoms with E-state index in [1.54, 1.807) is 0 Å². The second-order valence-corrected chi connectivity index (χ2v) is 2.37. The lowest BCUT2D eigenvalue weighted by molar-refractivity contribution is 0.194. The van der Waals surface area contributed by atoms with Gasteiger partial charge >= 0.3 is 6.09 Å². The Kier molecular flexibility index (Phi) is 6.82. The van der Waals surface area contributed by atoms with Crippen LogP contribution in [-0.2, 0) is 0 Å². The van der Waals surface area contributed by atoms with Crippen LogP contribution >= 0.6 is 0 Å². The Morgan fingerprint density at radius 1 is 1.18 bits per heavy atom. The lowest BCUT2D eigenvalue weighted by Crippen LogP contribution is -2.21. The molecule has 11 heavy (non-hydrogen) atoms. The summed E-state index contributed by atoms with van der Waals surface area (Å²) in [5.74, 6) is 0. The molecule has 0 aromatic rings. The summed E-state index contributed by atoms with van der Waals surface area (Å²) >= 11 is 0. The Morgan fingerprint density at radius 3 is 2.36 bits per heavy atom. The standard InChI is InChI=1S/C7H15NO3/c9-6-4-2-1-3-5-8-7(10)11/h8-9H,1-6H2,(H,10,11). The number of amides is 1. The summed E-state index contributed by atoms with van der Waals surface area (Å²) in [6, 6.07) is 0. The molecule has 0 heterocycles. The molecular weight excluding hydrogens is 146 g/mol. The molecule has 0 spiro atoms. The lowest BCUT2D eigenvalue weighted by atomic mass is 10.2. The molecule has 0 fully saturated rings. The molecule has 0 aromatic heterocycles. The van der Waals surface area contributed by atoms with E-state index in [2.05, 4.69) is 5.32 Å². The van der Waals surface area contributed by atoms with Crippen molar-refractivity contribution in [2.24, 2.45) is 0 Å². The number of nitrogens with one attached hydrogen (secondary N) is 1. The van der Waals surface area contributed by atoms with Crippen LogP contribution in [0.5, 0.6) is 0 Å². The Hall–Kier alpha value is -0.770. The van der Waals surface area contributed by atoms with Gasteiger partial charge in [-0.05, 0) is 12.8 Å². The minimum Gasteiger partial charge on any atom is -0.465 e. The molecule has 0 atom stereocenters. The maximum atomic E-state index is 9.94. The summed E-state index contributed by atoms with van der Waals surface area (Å²) in [5.41, 5.74) is 0. The van der Waals surface area contributed by atoms with E-state index in [0.717, 1.165) is 25.7 Å². The van der Waals surface area contributed by atoms with Gasteiger partial charge in [0.2, 0.25) is 0 Å². The van der Waals surface area contributed by atoms with Crippen molar-refractivity contribution in [2.45, 2.75) is 25.7 Å². The predicted octanol–water partition coefficient (Wildman–Crippen LogP) is 0.807. The number of aliphatic hydroxyl groups excluding tert-OH is 1. The molecule has 0 aliphatic heterocycles. The SMILES string of the molecule is O=C(O)NCCCCCCO. The zero-order valence-corrected chi connectivity index (χ0v) is 6.55. The molecule has 3 N–H and O–H groups in total. The number of aliphatic hydroxyl groups is 1. The van der Waals surface area contributed by atoms with Crippen LogP contribution in [0, 0.1) is 0 Å². The Labute approximate surface area is 66.2 Å². The molecule has 4 heteroatoms. The van der Waals surface area contributed by atoms with Crippen LogP contribution in [0.3, 0.4) is 0 Å². The Morgan fingerprint density at radius 2 is 1.82 bits per heavy atom. The van der Waals surface area contributed by atoms with Crippen molar-refractivity contribution in [2.75, 3.05) is 13.2 Å². The largest absolute Gasteiger partial charge is 0.465 e. The molecule has 0 aliphatic rings. The van der Waals surface area contributed by atoms with E-state index in [1.165, 1.54) is 0 Å². The quantitative estimate of drug-likeness (QED) is 0.505. The number of unbranched alkanes of at least 4 members (excludes halogenated alkanes) is 3. The minimum atomic E-state index is -0.966. The average molecular weight is 161 g/mol. The molecule has 4 nitrogen and oxygen atoms in total. The van der Waals surface area contributed by atoms with Crippen LogP contribution in [0.1, 0.15) is 25.7 Å². The second-order valence-electron chi connectivity index (χ2n) is 2.37. The fourth-order valence-corrected chi connectivity index (χ4v) is 0.786. The first kappa shape index (κ1) is 10.2. The van der Waals surface area contributed by atoms with E-state index < -0.39 is 6.09 Å². The normalized spacial score (nSPS) is 9.55. The highest BCUT2D eigenvalue weighted by atomic mass is 16.4. The summed E-state index contributed by atoms with van der Waals surface area (Å²) in [4.78, 5) is 9.94. The molecule has 0 radical (unpaired) electrons. The van der Waals surface area contributed by atoms with Gasteiger partial charge in [-0.15, -0.1) is 0 Å². The van der Waals surface area contributed by atoms with E-state index in [-0.39, 0.29) is 6.61 Å². The summed E-state index contributed by atoms with van der Waals surface area (Å²) in [6.45, 7) is 0.743. The third-order valence-corrected chi connectivity index (χ3v) is 1.36. The van der Waals surface area contributed by atoms with Crippen molar-refractivity contribution in [3.8, 4) is 0 Å². The molecular formula is C7H15NO3. The topological polar surface area (TPSA) is 69.6 Å². The van der Waals surface area contributed by atoms with Gasteiger partial charge in [0.15, 0.2) is 0 Å². The minimum absolute atomic E-state index is 0.229. The first-order valence-electron chi connectivity index (χ1n) is 3.85. The Balaban J connectivity index is 2.85. The van der Waals surface area contributed by atoms with E-state index in [1.807, 2.05) is 0 Å². The van der Waals surface area contributed by atoms with Crippen molar-refractivity contribution in [3.63, 3.8) is 0 Å². The van der Waals surface area contributed by atoms with E-state index in [0.29, 0.717) is 6.54 Å². The molecule has 66 valence electrons. The highest BCUT2D eigenvalue weighted by Crippen LogP contribution is 1.97. The van der Waals surface area contributed by atoms with Crippen LogP contribution in [0.2, 0.25) is 0 Å². The van der Waals surface area contributed by atoms with Gasteiger partial charge in [-0.25, -0.2) is 4.79 Å². The van der Waals surface area contributed by atoms with Crippen molar-refractivity contribution < 1.29 is 15.0 Å². The summed E-state index contributed by atoms with van der Waals surface area (Å²) in [5, 5.41) is 18.8. The first-order chi connectivity index (χ1) is 5.27. The van der Waals surface area contributed by atoms with Crippen LogP contribution in [-0.4, -0.2) is 29.5 Å². The van der Waals surface area contributed by atoms with Crippen molar-refractivity contribution in [1.29, 1.82) is 0 Å². The number of carboxylic acid groups (broad SMARTS) is 1. The summed E-state index contributed by atoms with van der Waals surface area (Å²) in [6.07, 6.45) is 2.64. The predicted molar refractivity (Wildman–Crippen MR) is 41.6 cm³/mol. The van der Waals surface area contributed by atoms with Gasteiger partial charge in [0.25, 0.3) is 0 Å². The molecule has 0 unspecified atom stereocenters. The first-order valence-corrected chi connectivity index (χ1v) is 3.85. The highest BCUT2D eigenvalue weighted by molar-refractivity contribution is 5.64. The highest BCUT2D eigenvalue weighted by Gasteiger charge is 1.92. The van der Waals surface area contributed by atoms with Crippen LogP contribution in [0.4, 0.5) is 4.79 Å². The fraction of sp³-hybridized carbons (Fsp3) is 0.857. The van der Waals surface area contributed by atoms with Gasteiger partial charge in [-0.3, -0.25) is 0 Å². The third kappa shape index (κ3) is 9.23. The Bertz CT molecular complexity index is 106. The summed E-state index contributed by atoms with van der Waals surface area (Å²) in [7, 11) is 0. The van der Waals surface area contributed by atoms with Crippen LogP contribution in [0.25, 0.3) is 0 Å². The maximum absolute atomic E-state index is 9.94. The van der Waals surface area contributed by atoms with E-state index >= 15 is 0 Å². The fourth-order valence-electron chi connectivity index (χ4n) is 0.786. The number of carbonyl (C=O) groups is 1. The van der Waals surface area contributed by atoms with Gasteiger partial charge < -0.3 is 15.5 Å². The van der Waals surface area contributed by atoms with Crippen molar-refractivity contribution in [3.05, 3.63) is 0 Å². The average Bonchev–Trinajstić information content (AvgIpc) is 1.96. The van der Waals surface area contributed by atoms with Gasteiger partial charge in [0.1, 0.15) is 0 Å². The monoisotopic (exact) mass is 161 g/mol. The number of rotatable bonds is 6. The third-order valence-electron chi connectivity index (χ3n) is 1.36. The number of hydrogen-bond acceptors (Lipinski definition) is 2. The molecule has 0 rings (SSSR count). The van der Waals surface area contributed by atoms with Crippen molar-refractivity contribution >= 4 is 6.09 Å². The van der Waals surface area contributed by atoms with E-state index in [9.17, 15) is 4.79 Å². The van der Waals surface area contributed by atoms with Crippen LogP contribution in [0.15, 0.2) is 0 Å². The van der Waals surface area contributed by atoms with Gasteiger partial charge in [-0.2, -0.15) is 0 Å². The molecule has 0 saturated carbocycles. The van der Waals surface area contributed by atoms with Gasteiger partial charge in [0.05, 0.1) is 0 Å². The van der Waals surface area contributed by atoms with E-state index in [4.69, 9.17) is 10.2 Å². The maximum Gasteiger partial charge on any atom is 0.404 e. The molecule has 0 aliphatic carbocycles. The number of hydrogen-bond donors (Lipinski definition) is 3. The molecule has 0 aromatic carbocycles. The van der Waals surface area contributed by atoms with Crippen molar-refractivity contribution in [1.82, 2.24) is 5.32 Å². The lowest BCUT2D eigenvalue weighted by Gasteiger charge is -1.99. The van der Waals surface area contributed by atoms with Crippen LogP contribution < -0.4 is 5.32 Å². The molecule has 1 amide bonds. The molecule has 0 bridgehead atoms. The summed E-state index contributed by atoms with van der Waals surface area (Å²) < 4.78 is 0. The second kappa shape index (κ2) is 7.34. The zero-order valence-electron chi connectivity index (χ0n) is 6.55. The zero-order chi connectivity index (χ0) is 8.53. The smallest absolute Gasteiger partial charge is 0.404 e.